The summed E-state index contributed by atoms with van der Waals surface area (Å²) in [4.78, 5) is 11.7. The van der Waals surface area contributed by atoms with Gasteiger partial charge in [0.05, 0.1) is 12.6 Å². The first-order chi connectivity index (χ1) is 8.79. The van der Waals surface area contributed by atoms with E-state index in [1.807, 2.05) is 30.3 Å². The zero-order chi connectivity index (χ0) is 12.8. The second-order valence-corrected chi connectivity index (χ2v) is 4.69. The predicted octanol–water partition coefficient (Wildman–Crippen LogP) is 0.978. The highest BCUT2D eigenvalue weighted by atomic mass is 16.3. The molecular weight excluding hydrogens is 228 g/mol. The number of nitrogens with one attached hydrogen (secondary N) is 2. The van der Waals surface area contributed by atoms with Crippen LogP contribution in [0.5, 0.6) is 0 Å². The molecule has 4 heteroatoms. The number of aliphatic hydroxyl groups excluding tert-OH is 1. The SMILES string of the molecule is O=C(CCNC1CC1)N[C@H](CO)c1ccccc1. The van der Waals surface area contributed by atoms with Crippen LogP contribution in [0.2, 0.25) is 0 Å². The molecule has 3 N–H and O–H groups in total. The molecule has 4 nitrogen and oxygen atoms in total. The van der Waals surface area contributed by atoms with E-state index >= 15 is 0 Å². The van der Waals surface area contributed by atoms with E-state index in [-0.39, 0.29) is 18.6 Å². The molecule has 1 aromatic rings. The Balaban J connectivity index is 1.76. The van der Waals surface area contributed by atoms with Crippen LogP contribution in [-0.2, 0) is 4.79 Å². The van der Waals surface area contributed by atoms with Crippen LogP contribution >= 0.6 is 0 Å². The van der Waals surface area contributed by atoms with Gasteiger partial charge in [-0.1, -0.05) is 30.3 Å². The summed E-state index contributed by atoms with van der Waals surface area (Å²) >= 11 is 0. The molecular formula is C14H20N2O2. The Morgan fingerprint density at radius 1 is 1.33 bits per heavy atom. The Hall–Kier alpha value is -1.39. The second kappa shape index (κ2) is 6.52. The predicted molar refractivity (Wildman–Crippen MR) is 70.1 cm³/mol. The third-order valence-corrected chi connectivity index (χ3v) is 3.08. The maximum Gasteiger partial charge on any atom is 0.221 e. The minimum atomic E-state index is -0.306. The van der Waals surface area contributed by atoms with E-state index in [0.717, 1.165) is 5.56 Å². The fourth-order valence-corrected chi connectivity index (χ4v) is 1.86. The van der Waals surface area contributed by atoms with Crippen LogP contribution in [0.4, 0.5) is 0 Å². The zero-order valence-electron chi connectivity index (χ0n) is 10.4. The average molecular weight is 248 g/mol. The van der Waals surface area contributed by atoms with Gasteiger partial charge in [0, 0.05) is 19.0 Å². The molecule has 1 amide bonds. The van der Waals surface area contributed by atoms with E-state index in [0.29, 0.717) is 19.0 Å². The molecule has 0 aliphatic heterocycles. The van der Waals surface area contributed by atoms with E-state index < -0.39 is 0 Å². The maximum absolute atomic E-state index is 11.7. The van der Waals surface area contributed by atoms with Crippen molar-refractivity contribution in [3.8, 4) is 0 Å². The van der Waals surface area contributed by atoms with E-state index in [2.05, 4.69) is 10.6 Å². The van der Waals surface area contributed by atoms with Gasteiger partial charge < -0.3 is 15.7 Å². The molecule has 2 rings (SSSR count). The first kappa shape index (κ1) is 13.1. The van der Waals surface area contributed by atoms with E-state index in [9.17, 15) is 9.90 Å². The number of amides is 1. The van der Waals surface area contributed by atoms with Crippen molar-refractivity contribution in [3.63, 3.8) is 0 Å². The molecule has 1 aliphatic carbocycles. The molecule has 0 spiro atoms. The summed E-state index contributed by atoms with van der Waals surface area (Å²) in [6, 6.07) is 9.85. The van der Waals surface area contributed by atoms with Gasteiger partial charge in [-0.3, -0.25) is 4.79 Å². The van der Waals surface area contributed by atoms with Crippen molar-refractivity contribution in [1.82, 2.24) is 10.6 Å². The molecule has 1 aromatic carbocycles. The largest absolute Gasteiger partial charge is 0.394 e. The molecule has 1 saturated carbocycles. The van der Waals surface area contributed by atoms with Crippen molar-refractivity contribution >= 4 is 5.91 Å². The summed E-state index contributed by atoms with van der Waals surface area (Å²) in [7, 11) is 0. The van der Waals surface area contributed by atoms with Gasteiger partial charge in [0.1, 0.15) is 0 Å². The highest BCUT2D eigenvalue weighted by Crippen LogP contribution is 2.18. The number of hydrogen-bond acceptors (Lipinski definition) is 3. The van der Waals surface area contributed by atoms with Gasteiger partial charge in [0.2, 0.25) is 5.91 Å². The van der Waals surface area contributed by atoms with E-state index in [1.54, 1.807) is 0 Å². The van der Waals surface area contributed by atoms with Crippen LogP contribution in [0.25, 0.3) is 0 Å². The van der Waals surface area contributed by atoms with Crippen molar-refractivity contribution in [2.75, 3.05) is 13.2 Å². The fraction of sp³-hybridized carbons (Fsp3) is 0.500. The molecule has 0 heterocycles. The smallest absolute Gasteiger partial charge is 0.221 e. The first-order valence-electron chi connectivity index (χ1n) is 6.48. The van der Waals surface area contributed by atoms with Gasteiger partial charge in [-0.2, -0.15) is 0 Å². The number of rotatable bonds is 7. The van der Waals surface area contributed by atoms with Gasteiger partial charge in [0.15, 0.2) is 0 Å². The summed E-state index contributed by atoms with van der Waals surface area (Å²) in [5.74, 6) is -0.0222. The molecule has 0 radical (unpaired) electrons. The van der Waals surface area contributed by atoms with Gasteiger partial charge in [0.25, 0.3) is 0 Å². The van der Waals surface area contributed by atoms with Crippen LogP contribution in [0.1, 0.15) is 30.9 Å². The lowest BCUT2D eigenvalue weighted by molar-refractivity contribution is -0.122. The highest BCUT2D eigenvalue weighted by molar-refractivity contribution is 5.76. The van der Waals surface area contributed by atoms with Crippen molar-refractivity contribution < 1.29 is 9.90 Å². The lowest BCUT2D eigenvalue weighted by Gasteiger charge is -2.16. The maximum atomic E-state index is 11.7. The number of carbonyl (C=O) groups excluding carboxylic acids is 1. The number of hydrogen-bond donors (Lipinski definition) is 3. The molecule has 98 valence electrons. The number of aliphatic hydroxyl groups is 1. The standard InChI is InChI=1S/C14H20N2O2/c17-10-13(11-4-2-1-3-5-11)16-14(18)8-9-15-12-6-7-12/h1-5,12-13,15,17H,6-10H2,(H,16,18)/t13-/m1/s1. The van der Waals surface area contributed by atoms with Gasteiger partial charge in [-0.15, -0.1) is 0 Å². The van der Waals surface area contributed by atoms with Crippen LogP contribution in [0.15, 0.2) is 30.3 Å². The molecule has 1 aliphatic rings. The number of carbonyl (C=O) groups is 1. The Bertz CT molecular complexity index is 377. The summed E-state index contributed by atoms with van der Waals surface area (Å²) in [6.07, 6.45) is 2.91. The van der Waals surface area contributed by atoms with Crippen molar-refractivity contribution in [1.29, 1.82) is 0 Å². The molecule has 0 unspecified atom stereocenters. The molecule has 0 aromatic heterocycles. The first-order valence-corrected chi connectivity index (χ1v) is 6.48. The summed E-state index contributed by atoms with van der Waals surface area (Å²) in [6.45, 7) is 0.634. The Morgan fingerprint density at radius 2 is 2.06 bits per heavy atom. The number of benzene rings is 1. The average Bonchev–Trinajstić information content (AvgIpc) is 3.21. The third-order valence-electron chi connectivity index (χ3n) is 3.08. The van der Waals surface area contributed by atoms with Crippen molar-refractivity contribution in [3.05, 3.63) is 35.9 Å². The zero-order valence-corrected chi connectivity index (χ0v) is 10.4. The Labute approximate surface area is 107 Å². The van der Waals surface area contributed by atoms with Crippen LogP contribution in [-0.4, -0.2) is 30.2 Å². The van der Waals surface area contributed by atoms with Crippen LogP contribution in [0, 0.1) is 0 Å². The normalized spacial score (nSPS) is 16.3. The quantitative estimate of drug-likeness (QED) is 0.674. The van der Waals surface area contributed by atoms with Crippen molar-refractivity contribution in [2.24, 2.45) is 0 Å². The fourth-order valence-electron chi connectivity index (χ4n) is 1.86. The third kappa shape index (κ3) is 4.13. The second-order valence-electron chi connectivity index (χ2n) is 4.69. The monoisotopic (exact) mass is 248 g/mol. The molecule has 0 saturated heterocycles. The minimum Gasteiger partial charge on any atom is -0.394 e. The molecule has 18 heavy (non-hydrogen) atoms. The Kier molecular flexibility index (Phi) is 4.73. The summed E-state index contributed by atoms with van der Waals surface area (Å²) in [5.41, 5.74) is 0.934. The minimum absolute atomic E-state index is 0.0222. The van der Waals surface area contributed by atoms with Gasteiger partial charge in [-0.05, 0) is 18.4 Å². The van der Waals surface area contributed by atoms with E-state index in [4.69, 9.17) is 0 Å². The summed E-state index contributed by atoms with van der Waals surface area (Å²) < 4.78 is 0. The molecule has 1 atom stereocenters. The Morgan fingerprint density at radius 3 is 2.67 bits per heavy atom. The van der Waals surface area contributed by atoms with Gasteiger partial charge in [-0.25, -0.2) is 0 Å². The highest BCUT2D eigenvalue weighted by Gasteiger charge is 2.20. The lowest BCUT2D eigenvalue weighted by atomic mass is 10.1. The molecule has 1 fully saturated rings. The molecule has 0 bridgehead atoms. The lowest BCUT2D eigenvalue weighted by Crippen LogP contribution is -2.33. The van der Waals surface area contributed by atoms with Crippen LogP contribution in [0.3, 0.4) is 0 Å². The van der Waals surface area contributed by atoms with E-state index in [1.165, 1.54) is 12.8 Å². The van der Waals surface area contributed by atoms with Gasteiger partial charge >= 0.3 is 0 Å². The van der Waals surface area contributed by atoms with Crippen molar-refractivity contribution in [2.45, 2.75) is 31.3 Å². The van der Waals surface area contributed by atoms with Crippen LogP contribution < -0.4 is 10.6 Å². The summed E-state index contributed by atoms with van der Waals surface area (Å²) in [5, 5.41) is 15.5. The topological polar surface area (TPSA) is 61.4 Å².